The minimum absolute atomic E-state index is 0.482. The predicted octanol–water partition coefficient (Wildman–Crippen LogP) is 5.01. The second kappa shape index (κ2) is 8.44. The fraction of sp³-hybridized carbons (Fsp3) is 0.448. The van der Waals surface area contributed by atoms with Crippen LogP contribution in [0.3, 0.4) is 0 Å². The summed E-state index contributed by atoms with van der Waals surface area (Å²) in [6.07, 6.45) is 17.5. The van der Waals surface area contributed by atoms with Crippen LogP contribution in [0.2, 0.25) is 0 Å². The Balaban J connectivity index is 1.02. The number of rotatable bonds is 7. The molecule has 7 heteroatoms. The Hall–Kier alpha value is -3.19. The Kier molecular flexibility index (Phi) is 5.17. The largest absolute Gasteiger partial charge is 0.369 e. The fourth-order valence-electron chi connectivity index (χ4n) is 6.29. The van der Waals surface area contributed by atoms with Crippen molar-refractivity contribution in [2.75, 3.05) is 24.5 Å². The van der Waals surface area contributed by atoms with Crippen LogP contribution in [0.5, 0.6) is 0 Å². The first-order valence-corrected chi connectivity index (χ1v) is 13.2. The molecular formula is C29H33FN6. The predicted molar refractivity (Wildman–Crippen MR) is 141 cm³/mol. The number of fused-ring (bicyclic) bond motifs is 2. The van der Waals surface area contributed by atoms with E-state index in [0.29, 0.717) is 30.7 Å². The first-order valence-electron chi connectivity index (χ1n) is 13.2. The maximum absolute atomic E-state index is 13.0. The summed E-state index contributed by atoms with van der Waals surface area (Å²) in [6, 6.07) is 4.18. The van der Waals surface area contributed by atoms with Crippen molar-refractivity contribution < 1.29 is 4.39 Å². The van der Waals surface area contributed by atoms with E-state index in [1.807, 2.05) is 12.4 Å². The molecular weight excluding hydrogens is 451 g/mol. The van der Waals surface area contributed by atoms with Crippen LogP contribution in [0, 0.1) is 11.3 Å². The van der Waals surface area contributed by atoms with Gasteiger partial charge in [0.15, 0.2) is 0 Å². The number of aromatic nitrogens is 3. The maximum atomic E-state index is 13.0. The second-order valence-electron chi connectivity index (χ2n) is 11.3. The third-order valence-electron chi connectivity index (χ3n) is 8.69. The van der Waals surface area contributed by atoms with Crippen LogP contribution in [-0.4, -0.2) is 45.1 Å². The molecule has 0 atom stereocenters. The van der Waals surface area contributed by atoms with Crippen LogP contribution in [0.15, 0.2) is 49.7 Å². The van der Waals surface area contributed by atoms with Crippen molar-refractivity contribution in [3.05, 3.63) is 72.1 Å². The highest BCUT2D eigenvalue weighted by Crippen LogP contribution is 2.50. The van der Waals surface area contributed by atoms with Gasteiger partial charge in [-0.05, 0) is 55.9 Å². The molecule has 5 heterocycles. The van der Waals surface area contributed by atoms with Gasteiger partial charge in [-0.2, -0.15) is 0 Å². The van der Waals surface area contributed by atoms with E-state index < -0.39 is 6.17 Å². The molecule has 3 aromatic rings. The Morgan fingerprint density at radius 3 is 2.78 bits per heavy atom. The molecule has 0 amide bonds. The molecule has 186 valence electrons. The van der Waals surface area contributed by atoms with Gasteiger partial charge in [0.05, 0.1) is 24.1 Å². The highest BCUT2D eigenvalue weighted by Gasteiger charge is 2.47. The minimum atomic E-state index is -0.588. The molecule has 7 rings (SSSR count). The van der Waals surface area contributed by atoms with E-state index in [-0.39, 0.29) is 0 Å². The summed E-state index contributed by atoms with van der Waals surface area (Å²) in [6.45, 7) is 9.06. The van der Waals surface area contributed by atoms with Gasteiger partial charge in [0.2, 0.25) is 0 Å². The van der Waals surface area contributed by atoms with Crippen LogP contribution in [-0.2, 0) is 13.1 Å². The van der Waals surface area contributed by atoms with Crippen LogP contribution in [0.1, 0.15) is 54.5 Å². The van der Waals surface area contributed by atoms with Gasteiger partial charge < -0.3 is 19.5 Å². The van der Waals surface area contributed by atoms with E-state index in [9.17, 15) is 4.39 Å². The highest BCUT2D eigenvalue weighted by molar-refractivity contribution is 5.83. The van der Waals surface area contributed by atoms with Gasteiger partial charge in [0, 0.05) is 66.7 Å². The number of nitrogens with zero attached hydrogens (tertiary/aromatic N) is 5. The van der Waals surface area contributed by atoms with Crippen molar-refractivity contribution in [3.63, 3.8) is 0 Å². The van der Waals surface area contributed by atoms with Gasteiger partial charge >= 0.3 is 0 Å². The quantitative estimate of drug-likeness (QED) is 0.511. The molecule has 3 aromatic heterocycles. The lowest BCUT2D eigenvalue weighted by atomic mass is 9.63. The second-order valence-corrected chi connectivity index (χ2v) is 11.3. The van der Waals surface area contributed by atoms with Gasteiger partial charge in [-0.25, -0.2) is 9.37 Å². The van der Waals surface area contributed by atoms with Crippen LogP contribution in [0.25, 0.3) is 17.4 Å². The number of imidazole rings is 1. The van der Waals surface area contributed by atoms with E-state index in [2.05, 4.69) is 67.9 Å². The highest BCUT2D eigenvalue weighted by atomic mass is 19.1. The lowest BCUT2D eigenvalue weighted by molar-refractivity contribution is 0.0903. The molecule has 6 nitrogen and oxygen atoms in total. The molecule has 4 aliphatic rings. The van der Waals surface area contributed by atoms with Crippen molar-refractivity contribution in [2.24, 2.45) is 11.3 Å². The molecule has 36 heavy (non-hydrogen) atoms. The number of hydrogen-bond donors (Lipinski definition) is 1. The summed E-state index contributed by atoms with van der Waals surface area (Å²) in [7, 11) is 0. The average Bonchev–Trinajstić information content (AvgIpc) is 3.20. The molecule has 1 N–H and O–H groups in total. The van der Waals surface area contributed by atoms with E-state index in [4.69, 9.17) is 4.98 Å². The minimum Gasteiger partial charge on any atom is -0.369 e. The molecule has 2 aliphatic carbocycles. The van der Waals surface area contributed by atoms with Crippen LogP contribution in [0.4, 0.5) is 10.1 Å². The first-order chi connectivity index (χ1) is 17.6. The van der Waals surface area contributed by atoms with Crippen molar-refractivity contribution >= 4 is 23.1 Å². The van der Waals surface area contributed by atoms with Gasteiger partial charge in [0.1, 0.15) is 11.8 Å². The molecule has 1 spiro atoms. The molecule has 0 bridgehead atoms. The van der Waals surface area contributed by atoms with Gasteiger partial charge in [-0.15, -0.1) is 0 Å². The molecule has 3 fully saturated rings. The Bertz CT molecular complexity index is 1340. The van der Waals surface area contributed by atoms with Crippen molar-refractivity contribution in [1.29, 1.82) is 0 Å². The number of nitrogens with one attached hydrogen (secondary N) is 1. The number of alkyl halides is 1. The van der Waals surface area contributed by atoms with E-state index in [1.54, 1.807) is 0 Å². The molecule has 2 aliphatic heterocycles. The zero-order valence-corrected chi connectivity index (χ0v) is 20.7. The van der Waals surface area contributed by atoms with Crippen molar-refractivity contribution in [1.82, 2.24) is 24.6 Å². The lowest BCUT2D eigenvalue weighted by Gasteiger charge is -2.57. The Morgan fingerprint density at radius 1 is 1.14 bits per heavy atom. The van der Waals surface area contributed by atoms with Crippen molar-refractivity contribution in [3.8, 4) is 0 Å². The summed E-state index contributed by atoms with van der Waals surface area (Å²) in [5, 5.41) is 3.47. The molecule has 1 saturated heterocycles. The number of halogens is 1. The number of anilines is 1. The summed E-state index contributed by atoms with van der Waals surface area (Å²) < 4.78 is 15.1. The Morgan fingerprint density at radius 2 is 2.00 bits per heavy atom. The zero-order valence-electron chi connectivity index (χ0n) is 20.7. The third-order valence-corrected chi connectivity index (χ3v) is 8.69. The van der Waals surface area contributed by atoms with Gasteiger partial charge in [-0.3, -0.25) is 4.98 Å². The van der Waals surface area contributed by atoms with Gasteiger partial charge in [-0.1, -0.05) is 19.1 Å². The third kappa shape index (κ3) is 3.81. The maximum Gasteiger partial charge on any atom is 0.137 e. The standard InChI is InChI=1S/C29H33FN6/c1-20-26-13-32-14-27(36-18-29(19-36)6-2-7-29)25(26)5-8-34(20)16-24-17-35-15-21(3-4-28(35)33-24)11-31-12-22-9-23(30)10-22/h3-5,8,13-15,17,22-23,31H,1-2,6-7,9-12,16,18-19H2. The molecule has 0 aromatic carbocycles. The normalized spacial score (nSPS) is 24.0. The summed E-state index contributed by atoms with van der Waals surface area (Å²) in [5.74, 6) is 0.482. The average molecular weight is 485 g/mol. The molecule has 0 unspecified atom stereocenters. The molecule has 0 radical (unpaired) electrons. The summed E-state index contributed by atoms with van der Waals surface area (Å²) in [5.41, 5.74) is 8.25. The smallest absolute Gasteiger partial charge is 0.137 e. The van der Waals surface area contributed by atoms with Crippen LogP contribution >= 0.6 is 0 Å². The van der Waals surface area contributed by atoms with E-state index in [0.717, 1.165) is 48.8 Å². The first kappa shape index (κ1) is 22.0. The van der Waals surface area contributed by atoms with E-state index in [1.165, 1.54) is 36.1 Å². The topological polar surface area (TPSA) is 48.7 Å². The van der Waals surface area contributed by atoms with Crippen molar-refractivity contribution in [2.45, 2.75) is 51.4 Å². The fourth-order valence-corrected chi connectivity index (χ4v) is 6.29. The number of pyridine rings is 2. The lowest BCUT2D eigenvalue weighted by Crippen LogP contribution is -2.60. The summed E-state index contributed by atoms with van der Waals surface area (Å²) >= 11 is 0. The zero-order chi connectivity index (χ0) is 24.3. The summed E-state index contributed by atoms with van der Waals surface area (Å²) in [4.78, 5) is 14.1. The van der Waals surface area contributed by atoms with Crippen LogP contribution < -0.4 is 10.2 Å². The monoisotopic (exact) mass is 484 g/mol. The van der Waals surface area contributed by atoms with Gasteiger partial charge in [0.25, 0.3) is 0 Å². The molecule has 2 saturated carbocycles. The Labute approximate surface area is 211 Å². The van der Waals surface area contributed by atoms with E-state index >= 15 is 0 Å². The number of hydrogen-bond acceptors (Lipinski definition) is 5. The SMILES string of the molecule is C=C1c2cncc(N3CC4(CCC4)C3)c2C=CN1Cc1cn2cc(CNCC3CC(F)C3)ccc2n1.